The molecule has 0 radical (unpaired) electrons. The molecule has 0 saturated carbocycles. The third-order valence-electron chi connectivity index (χ3n) is 3.57. The Morgan fingerprint density at radius 2 is 2.00 bits per heavy atom. The molecule has 2 rings (SSSR count). The average molecular weight is 291 g/mol. The van der Waals surface area contributed by atoms with Crippen LogP contribution in [0.1, 0.15) is 18.9 Å². The molecule has 1 aliphatic rings. The fourth-order valence-corrected chi connectivity index (χ4v) is 3.77. The van der Waals surface area contributed by atoms with E-state index in [-0.39, 0.29) is 5.92 Å². The van der Waals surface area contributed by atoms with Gasteiger partial charge in [0.1, 0.15) is 0 Å². The summed E-state index contributed by atoms with van der Waals surface area (Å²) in [5.74, 6) is 0.134. The Balaban J connectivity index is 2.22. The second-order valence-corrected chi connectivity index (χ2v) is 7.15. The van der Waals surface area contributed by atoms with E-state index in [1.165, 1.54) is 4.31 Å². The topological polar surface area (TPSA) is 37.4 Å². The van der Waals surface area contributed by atoms with E-state index in [0.717, 1.165) is 17.6 Å². The number of sulfonamides is 1. The standard InChI is InChI=1S/C16H21NO2S/c1-4-5-6-15-12-17(11-14(15)3)20(18,19)16-9-7-13(2)8-10-16/h5-10,15H,3-4,11-12H2,1-2H3/b6-5+/t15-/m0/s1. The Kier molecular flexibility index (Phi) is 4.45. The van der Waals surface area contributed by atoms with Crippen LogP contribution in [0.25, 0.3) is 0 Å². The third kappa shape index (κ3) is 3.02. The fourth-order valence-electron chi connectivity index (χ4n) is 2.30. The van der Waals surface area contributed by atoms with Crippen LogP contribution in [0.4, 0.5) is 0 Å². The van der Waals surface area contributed by atoms with Crippen molar-refractivity contribution >= 4 is 10.0 Å². The number of rotatable bonds is 4. The van der Waals surface area contributed by atoms with Crippen LogP contribution in [-0.4, -0.2) is 25.8 Å². The zero-order valence-electron chi connectivity index (χ0n) is 12.0. The van der Waals surface area contributed by atoms with Crippen LogP contribution in [0, 0.1) is 12.8 Å². The lowest BCUT2D eigenvalue weighted by Gasteiger charge is -2.15. The number of aryl methyl sites for hydroxylation is 1. The van der Waals surface area contributed by atoms with Gasteiger partial charge in [0, 0.05) is 19.0 Å². The van der Waals surface area contributed by atoms with Crippen molar-refractivity contribution in [2.45, 2.75) is 25.2 Å². The van der Waals surface area contributed by atoms with Gasteiger partial charge in [-0.15, -0.1) is 0 Å². The van der Waals surface area contributed by atoms with Crippen LogP contribution in [0.5, 0.6) is 0 Å². The van der Waals surface area contributed by atoms with Gasteiger partial charge >= 0.3 is 0 Å². The van der Waals surface area contributed by atoms with Gasteiger partial charge < -0.3 is 0 Å². The summed E-state index contributed by atoms with van der Waals surface area (Å²) in [5, 5.41) is 0. The van der Waals surface area contributed by atoms with Gasteiger partial charge in [-0.05, 0) is 25.5 Å². The third-order valence-corrected chi connectivity index (χ3v) is 5.39. The molecule has 1 heterocycles. The molecule has 0 aromatic heterocycles. The van der Waals surface area contributed by atoms with Crippen molar-refractivity contribution < 1.29 is 8.42 Å². The van der Waals surface area contributed by atoms with E-state index in [4.69, 9.17) is 0 Å². The number of allylic oxidation sites excluding steroid dienone is 1. The maximum Gasteiger partial charge on any atom is 0.243 e. The van der Waals surface area contributed by atoms with Crippen molar-refractivity contribution in [2.24, 2.45) is 5.92 Å². The Morgan fingerprint density at radius 3 is 2.60 bits per heavy atom. The summed E-state index contributed by atoms with van der Waals surface area (Å²) in [4.78, 5) is 0.357. The number of hydrogen-bond donors (Lipinski definition) is 0. The first-order valence-electron chi connectivity index (χ1n) is 6.86. The molecule has 1 atom stereocenters. The molecule has 0 bridgehead atoms. The van der Waals surface area contributed by atoms with E-state index >= 15 is 0 Å². The first kappa shape index (κ1) is 15.0. The second kappa shape index (κ2) is 5.94. The second-order valence-electron chi connectivity index (χ2n) is 5.21. The summed E-state index contributed by atoms with van der Waals surface area (Å²) in [6.07, 6.45) is 5.08. The van der Waals surface area contributed by atoms with Crippen molar-refractivity contribution in [3.05, 3.63) is 54.1 Å². The van der Waals surface area contributed by atoms with Crippen molar-refractivity contribution in [1.82, 2.24) is 4.31 Å². The van der Waals surface area contributed by atoms with Gasteiger partial charge in [-0.2, -0.15) is 4.31 Å². The minimum absolute atomic E-state index is 0.134. The lowest BCUT2D eigenvalue weighted by Crippen LogP contribution is -2.28. The summed E-state index contributed by atoms with van der Waals surface area (Å²) < 4.78 is 26.7. The van der Waals surface area contributed by atoms with Gasteiger partial charge in [0.2, 0.25) is 10.0 Å². The van der Waals surface area contributed by atoms with Crippen LogP contribution < -0.4 is 0 Å². The van der Waals surface area contributed by atoms with Crippen LogP contribution in [-0.2, 0) is 10.0 Å². The molecule has 0 spiro atoms. The Labute approximate surface area is 121 Å². The zero-order valence-corrected chi connectivity index (χ0v) is 12.9. The monoisotopic (exact) mass is 291 g/mol. The molecule has 1 fully saturated rings. The van der Waals surface area contributed by atoms with E-state index in [2.05, 4.69) is 25.7 Å². The minimum Gasteiger partial charge on any atom is -0.207 e. The molecule has 1 saturated heterocycles. The molecule has 108 valence electrons. The van der Waals surface area contributed by atoms with Gasteiger partial charge in [0.15, 0.2) is 0 Å². The predicted molar refractivity (Wildman–Crippen MR) is 82.0 cm³/mol. The summed E-state index contributed by atoms with van der Waals surface area (Å²) in [6, 6.07) is 6.99. The van der Waals surface area contributed by atoms with E-state index in [1.807, 2.05) is 19.1 Å². The molecule has 1 aromatic rings. The van der Waals surface area contributed by atoms with E-state index < -0.39 is 10.0 Å². The molecule has 20 heavy (non-hydrogen) atoms. The van der Waals surface area contributed by atoms with E-state index in [9.17, 15) is 8.42 Å². The van der Waals surface area contributed by atoms with Gasteiger partial charge in [-0.3, -0.25) is 0 Å². The number of hydrogen-bond acceptors (Lipinski definition) is 2. The summed E-state index contributed by atoms with van der Waals surface area (Å²) >= 11 is 0. The van der Waals surface area contributed by atoms with Crippen LogP contribution in [0.3, 0.4) is 0 Å². The molecule has 1 aliphatic heterocycles. The largest absolute Gasteiger partial charge is 0.243 e. The zero-order chi connectivity index (χ0) is 14.8. The summed E-state index contributed by atoms with van der Waals surface area (Å²) in [6.45, 7) is 8.91. The maximum atomic E-state index is 12.6. The maximum absolute atomic E-state index is 12.6. The van der Waals surface area contributed by atoms with Gasteiger partial charge in [-0.25, -0.2) is 8.42 Å². The van der Waals surface area contributed by atoms with Crippen molar-refractivity contribution in [3.8, 4) is 0 Å². The van der Waals surface area contributed by atoms with Crippen LogP contribution in [0.2, 0.25) is 0 Å². The minimum atomic E-state index is -3.41. The highest BCUT2D eigenvalue weighted by Crippen LogP contribution is 2.28. The number of nitrogens with zero attached hydrogens (tertiary/aromatic N) is 1. The molecule has 0 N–H and O–H groups in total. The van der Waals surface area contributed by atoms with E-state index in [1.54, 1.807) is 12.1 Å². The van der Waals surface area contributed by atoms with Crippen molar-refractivity contribution in [2.75, 3.05) is 13.1 Å². The smallest absolute Gasteiger partial charge is 0.207 e. The first-order valence-corrected chi connectivity index (χ1v) is 8.30. The Hall–Kier alpha value is -1.39. The predicted octanol–water partition coefficient (Wildman–Crippen LogP) is 3.14. The lowest BCUT2D eigenvalue weighted by atomic mass is 10.0. The summed E-state index contributed by atoms with van der Waals surface area (Å²) in [5.41, 5.74) is 2.02. The summed E-state index contributed by atoms with van der Waals surface area (Å²) in [7, 11) is -3.41. The van der Waals surface area contributed by atoms with Crippen molar-refractivity contribution in [1.29, 1.82) is 0 Å². The number of benzene rings is 1. The van der Waals surface area contributed by atoms with Gasteiger partial charge in [-0.1, -0.05) is 48.9 Å². The molecule has 0 aliphatic carbocycles. The molecule has 0 unspecified atom stereocenters. The SMILES string of the molecule is C=C1CN(S(=O)(=O)c2ccc(C)cc2)C[C@@H]1/C=C/CC. The normalized spacial score (nSPS) is 20.9. The fraction of sp³-hybridized carbons (Fsp3) is 0.375. The molecular formula is C16H21NO2S. The Morgan fingerprint density at radius 1 is 1.35 bits per heavy atom. The molecule has 0 amide bonds. The average Bonchev–Trinajstić information content (AvgIpc) is 2.79. The van der Waals surface area contributed by atoms with E-state index in [0.29, 0.717) is 18.0 Å². The van der Waals surface area contributed by atoms with Gasteiger partial charge in [0.05, 0.1) is 4.90 Å². The molecule has 4 heteroatoms. The highest BCUT2D eigenvalue weighted by atomic mass is 32.2. The van der Waals surface area contributed by atoms with Crippen LogP contribution >= 0.6 is 0 Å². The molecule has 3 nitrogen and oxygen atoms in total. The quantitative estimate of drug-likeness (QED) is 0.799. The highest BCUT2D eigenvalue weighted by Gasteiger charge is 2.33. The highest BCUT2D eigenvalue weighted by molar-refractivity contribution is 7.89. The first-order chi connectivity index (χ1) is 9.45. The van der Waals surface area contributed by atoms with Crippen molar-refractivity contribution in [3.63, 3.8) is 0 Å². The lowest BCUT2D eigenvalue weighted by molar-refractivity contribution is 0.471. The van der Waals surface area contributed by atoms with Gasteiger partial charge in [0.25, 0.3) is 0 Å². The molecule has 1 aromatic carbocycles. The Bertz CT molecular complexity index is 614. The van der Waals surface area contributed by atoms with Crippen LogP contribution in [0.15, 0.2) is 53.5 Å². The molecular weight excluding hydrogens is 270 g/mol.